The molecule has 12 heavy (non-hydrogen) atoms. The summed E-state index contributed by atoms with van der Waals surface area (Å²) in [6.45, 7) is 1.04. The molecule has 1 saturated heterocycles. The average Bonchev–Trinajstić information content (AvgIpc) is 2.04. The van der Waals surface area contributed by atoms with Crippen LogP contribution >= 0.6 is 17.0 Å². The van der Waals surface area contributed by atoms with Gasteiger partial charge in [0.25, 0.3) is 0 Å². The zero-order valence-electron chi connectivity index (χ0n) is 6.99. The molecule has 0 aromatic rings. The third-order valence-corrected chi connectivity index (χ3v) is 1.91. The molecule has 0 unspecified atom stereocenters. The van der Waals surface area contributed by atoms with Gasteiger partial charge in [-0.15, -0.1) is 17.0 Å². The Morgan fingerprint density at radius 3 is 2.83 bits per heavy atom. The first-order chi connectivity index (χ1) is 5.25. The Labute approximate surface area is 82.2 Å². The highest BCUT2D eigenvalue weighted by molar-refractivity contribution is 8.93. The molecule has 0 aromatic heterocycles. The van der Waals surface area contributed by atoms with Gasteiger partial charge in [0.1, 0.15) is 0 Å². The number of hydrogen-bond acceptors (Lipinski definition) is 4. The van der Waals surface area contributed by atoms with E-state index < -0.39 is 0 Å². The number of hydrogen-bond donors (Lipinski definition) is 1. The topological polar surface area (TPSA) is 61.5 Å². The van der Waals surface area contributed by atoms with Crippen molar-refractivity contribution >= 4 is 23.0 Å². The molecule has 0 aromatic carbocycles. The zero-order valence-corrected chi connectivity index (χ0v) is 8.70. The molecule has 0 amide bonds. The van der Waals surface area contributed by atoms with Crippen molar-refractivity contribution in [3.05, 3.63) is 0 Å². The first-order valence-corrected chi connectivity index (χ1v) is 3.67. The van der Waals surface area contributed by atoms with Gasteiger partial charge in [0.15, 0.2) is 0 Å². The van der Waals surface area contributed by atoms with E-state index in [4.69, 9.17) is 10.5 Å². The number of methoxy groups -OCH3 is 1. The van der Waals surface area contributed by atoms with Crippen molar-refractivity contribution in [2.45, 2.75) is 12.5 Å². The monoisotopic (exact) mass is 239 g/mol. The largest absolute Gasteiger partial charge is 0.469 e. The van der Waals surface area contributed by atoms with E-state index >= 15 is 0 Å². The van der Waals surface area contributed by atoms with Gasteiger partial charge in [-0.25, -0.2) is 0 Å². The molecule has 1 rings (SSSR count). The van der Waals surface area contributed by atoms with Gasteiger partial charge >= 0.3 is 5.97 Å². The minimum Gasteiger partial charge on any atom is -0.469 e. The van der Waals surface area contributed by atoms with Crippen LogP contribution in [0.5, 0.6) is 0 Å². The van der Waals surface area contributed by atoms with Crippen molar-refractivity contribution < 1.29 is 14.3 Å². The number of nitrogens with two attached hydrogens (primary N) is 1. The van der Waals surface area contributed by atoms with Crippen LogP contribution in [0.25, 0.3) is 0 Å². The minimum atomic E-state index is -0.270. The van der Waals surface area contributed by atoms with E-state index in [2.05, 4.69) is 4.74 Å². The second-order valence-electron chi connectivity index (χ2n) is 2.66. The van der Waals surface area contributed by atoms with E-state index in [9.17, 15) is 4.79 Å². The highest BCUT2D eigenvalue weighted by Crippen LogP contribution is 2.13. The SMILES string of the molecule is Br.COC(=O)[C@@H]1COCC[C@@H]1N. The van der Waals surface area contributed by atoms with Crippen molar-refractivity contribution in [1.29, 1.82) is 0 Å². The molecule has 0 bridgehead atoms. The van der Waals surface area contributed by atoms with Crippen LogP contribution in [-0.2, 0) is 14.3 Å². The van der Waals surface area contributed by atoms with Crippen LogP contribution in [0.2, 0.25) is 0 Å². The summed E-state index contributed by atoms with van der Waals surface area (Å²) in [6.07, 6.45) is 0.736. The van der Waals surface area contributed by atoms with Crippen molar-refractivity contribution in [2.75, 3.05) is 20.3 Å². The molecule has 5 heteroatoms. The lowest BCUT2D eigenvalue weighted by molar-refractivity contribution is -0.150. The minimum absolute atomic E-state index is 0. The molecule has 1 heterocycles. The molecule has 0 aliphatic carbocycles. The fourth-order valence-electron chi connectivity index (χ4n) is 1.15. The average molecular weight is 240 g/mol. The molecule has 72 valence electrons. The summed E-state index contributed by atoms with van der Waals surface area (Å²) in [4.78, 5) is 11.0. The van der Waals surface area contributed by atoms with Gasteiger partial charge in [-0.3, -0.25) is 4.79 Å². The van der Waals surface area contributed by atoms with E-state index in [0.717, 1.165) is 6.42 Å². The maximum Gasteiger partial charge on any atom is 0.312 e. The smallest absolute Gasteiger partial charge is 0.312 e. The van der Waals surface area contributed by atoms with E-state index in [1.807, 2.05) is 0 Å². The standard InChI is InChI=1S/C7H13NO3.BrH/c1-10-7(9)5-4-11-3-2-6(5)8;/h5-6H,2-4,8H2,1H3;1H/t5-,6+;/m1./s1. The van der Waals surface area contributed by atoms with E-state index in [0.29, 0.717) is 13.2 Å². The molecule has 1 aliphatic heterocycles. The maximum atomic E-state index is 11.0. The highest BCUT2D eigenvalue weighted by Gasteiger charge is 2.29. The Morgan fingerprint density at radius 1 is 1.67 bits per heavy atom. The summed E-state index contributed by atoms with van der Waals surface area (Å²) in [7, 11) is 1.36. The molecule has 4 nitrogen and oxygen atoms in total. The highest BCUT2D eigenvalue weighted by atomic mass is 79.9. The molecule has 2 N–H and O–H groups in total. The van der Waals surface area contributed by atoms with E-state index in [1.165, 1.54) is 7.11 Å². The molecular weight excluding hydrogens is 226 g/mol. The molecule has 0 spiro atoms. The van der Waals surface area contributed by atoms with Crippen molar-refractivity contribution in [3.63, 3.8) is 0 Å². The fourth-order valence-corrected chi connectivity index (χ4v) is 1.15. The van der Waals surface area contributed by atoms with Crippen LogP contribution in [0.1, 0.15) is 6.42 Å². The van der Waals surface area contributed by atoms with Crippen LogP contribution in [-0.4, -0.2) is 32.3 Å². The van der Waals surface area contributed by atoms with Gasteiger partial charge in [0, 0.05) is 12.6 Å². The first kappa shape index (κ1) is 11.9. The van der Waals surface area contributed by atoms with Gasteiger partial charge in [0.2, 0.25) is 0 Å². The van der Waals surface area contributed by atoms with Gasteiger partial charge in [0.05, 0.1) is 19.6 Å². The molecule has 2 atom stereocenters. The molecule has 0 radical (unpaired) electrons. The van der Waals surface area contributed by atoms with Crippen LogP contribution in [0.3, 0.4) is 0 Å². The van der Waals surface area contributed by atoms with Gasteiger partial charge in [-0.2, -0.15) is 0 Å². The van der Waals surface area contributed by atoms with Crippen LogP contribution in [0.4, 0.5) is 0 Å². The second kappa shape index (κ2) is 5.50. The number of esters is 1. The summed E-state index contributed by atoms with van der Waals surface area (Å²) in [5.74, 6) is -0.536. The quantitative estimate of drug-likeness (QED) is 0.660. The van der Waals surface area contributed by atoms with Crippen molar-refractivity contribution in [2.24, 2.45) is 11.7 Å². The lowest BCUT2D eigenvalue weighted by Crippen LogP contribution is -2.43. The summed E-state index contributed by atoms with van der Waals surface area (Å²) in [5.41, 5.74) is 5.67. The number of rotatable bonds is 1. The summed E-state index contributed by atoms with van der Waals surface area (Å²) in [5, 5.41) is 0. The van der Waals surface area contributed by atoms with Crippen LogP contribution in [0.15, 0.2) is 0 Å². The Morgan fingerprint density at radius 2 is 2.33 bits per heavy atom. The van der Waals surface area contributed by atoms with Gasteiger partial charge in [-0.05, 0) is 6.42 Å². The molecule has 1 aliphatic rings. The van der Waals surface area contributed by atoms with Crippen molar-refractivity contribution in [3.8, 4) is 0 Å². The zero-order chi connectivity index (χ0) is 8.27. The first-order valence-electron chi connectivity index (χ1n) is 3.67. The maximum absolute atomic E-state index is 11.0. The number of ether oxygens (including phenoxy) is 2. The van der Waals surface area contributed by atoms with E-state index in [-0.39, 0.29) is 34.9 Å². The second-order valence-corrected chi connectivity index (χ2v) is 2.66. The Kier molecular flexibility index (Phi) is 5.44. The number of halogens is 1. The van der Waals surface area contributed by atoms with Crippen LogP contribution < -0.4 is 5.73 Å². The molecule has 1 fully saturated rings. The number of carbonyl (C=O) groups excluding carboxylic acids is 1. The Bertz CT molecular complexity index is 154. The third-order valence-electron chi connectivity index (χ3n) is 1.91. The van der Waals surface area contributed by atoms with Crippen molar-refractivity contribution in [1.82, 2.24) is 0 Å². The normalized spacial score (nSPS) is 28.8. The van der Waals surface area contributed by atoms with Gasteiger partial charge in [-0.1, -0.05) is 0 Å². The summed E-state index contributed by atoms with van der Waals surface area (Å²) < 4.78 is 9.66. The lowest BCUT2D eigenvalue weighted by atomic mass is 9.97. The number of carbonyl (C=O) groups is 1. The molecule has 0 saturated carbocycles. The lowest BCUT2D eigenvalue weighted by Gasteiger charge is -2.26. The Balaban J connectivity index is 0.00000121. The summed E-state index contributed by atoms with van der Waals surface area (Å²) >= 11 is 0. The fraction of sp³-hybridized carbons (Fsp3) is 0.857. The predicted octanol–water partition coefficient (Wildman–Crippen LogP) is 0.101. The Hall–Kier alpha value is -0.130. The summed E-state index contributed by atoms with van der Waals surface area (Å²) in [6, 6.07) is -0.101. The molecular formula is C7H14BrNO3. The van der Waals surface area contributed by atoms with Crippen LogP contribution in [0, 0.1) is 5.92 Å². The van der Waals surface area contributed by atoms with Gasteiger partial charge < -0.3 is 15.2 Å². The van der Waals surface area contributed by atoms with E-state index in [1.54, 1.807) is 0 Å². The predicted molar refractivity (Wildman–Crippen MR) is 49.2 cm³/mol. The third kappa shape index (κ3) is 2.73.